The van der Waals surface area contributed by atoms with Crippen LogP contribution in [-0.4, -0.2) is 12.0 Å². The molecule has 0 saturated heterocycles. The maximum atomic E-state index is 11.9. The first-order chi connectivity index (χ1) is 5.54. The number of rotatable bonds is 2. The van der Waals surface area contributed by atoms with Gasteiger partial charge in [0.05, 0.1) is 6.20 Å². The fourth-order valence-electron chi connectivity index (χ4n) is 0.813. The van der Waals surface area contributed by atoms with Crippen molar-refractivity contribution in [3.63, 3.8) is 0 Å². The third kappa shape index (κ3) is 1.99. The lowest BCUT2D eigenvalue weighted by atomic mass is 10.3. The molecule has 0 aliphatic carbocycles. The summed E-state index contributed by atoms with van der Waals surface area (Å²) in [6.45, 7) is 1.86. The van der Waals surface area contributed by atoms with E-state index in [0.29, 0.717) is 6.42 Å². The van der Waals surface area contributed by atoms with Crippen LogP contribution in [0.5, 0.6) is 0 Å². The van der Waals surface area contributed by atoms with Gasteiger partial charge in [0.25, 0.3) is 0 Å². The predicted molar refractivity (Wildman–Crippen MR) is 38.6 cm³/mol. The van der Waals surface area contributed by atoms with Crippen molar-refractivity contribution in [2.75, 3.05) is 0 Å². The van der Waals surface area contributed by atoms with Crippen molar-refractivity contribution in [1.82, 2.24) is 5.32 Å². The van der Waals surface area contributed by atoms with E-state index in [0.717, 1.165) is 12.6 Å². The molecule has 0 unspecified atom stereocenters. The number of aliphatic imine (C=N–C) groups is 1. The first kappa shape index (κ1) is 9.09. The second-order valence-corrected chi connectivity index (χ2v) is 2.42. The third-order valence-corrected chi connectivity index (χ3v) is 1.35. The summed E-state index contributed by atoms with van der Waals surface area (Å²) in [5, 5.41) is 3.54. The van der Waals surface area contributed by atoms with Gasteiger partial charge in [-0.3, -0.25) is 0 Å². The smallest absolute Gasteiger partial charge is 0.239 e. The molecule has 0 N–H and O–H groups in total. The Morgan fingerprint density at radius 1 is 1.42 bits per heavy atom. The summed E-state index contributed by atoms with van der Waals surface area (Å²) in [6.07, 6.45) is -2.35. The number of hydrogen-bond donors (Lipinski definition) is 0. The number of alkyl halides is 3. The van der Waals surface area contributed by atoms with Gasteiger partial charge in [0, 0.05) is 6.42 Å². The number of nitrogens with zero attached hydrogens (tertiary/aromatic N) is 2. The summed E-state index contributed by atoms with van der Waals surface area (Å²) in [7, 11) is 0. The van der Waals surface area contributed by atoms with Gasteiger partial charge in [-0.1, -0.05) is 6.92 Å². The molecule has 1 aliphatic rings. The monoisotopic (exact) mass is 177 g/mol. The zero-order valence-electron chi connectivity index (χ0n) is 6.52. The topological polar surface area (TPSA) is 26.5 Å². The molecule has 0 bridgehead atoms. The molecule has 0 saturated carbocycles. The fraction of sp³-hybridized carbons (Fsp3) is 0.571. The molecule has 0 aromatic heterocycles. The lowest BCUT2D eigenvalue weighted by Crippen LogP contribution is -2.08. The van der Waals surface area contributed by atoms with Crippen LogP contribution in [0.1, 0.15) is 19.8 Å². The van der Waals surface area contributed by atoms with Crippen LogP contribution in [0.15, 0.2) is 16.9 Å². The molecule has 2 nitrogen and oxygen atoms in total. The quantitative estimate of drug-likeness (QED) is 0.618. The van der Waals surface area contributed by atoms with E-state index >= 15 is 0 Å². The molecule has 1 aliphatic heterocycles. The van der Waals surface area contributed by atoms with Gasteiger partial charge in [-0.2, -0.15) is 13.2 Å². The van der Waals surface area contributed by atoms with Gasteiger partial charge in [-0.15, -0.1) is 0 Å². The Hall–Kier alpha value is -1.00. The summed E-state index contributed by atoms with van der Waals surface area (Å²) in [4.78, 5) is 3.34. The van der Waals surface area contributed by atoms with Crippen LogP contribution in [0.2, 0.25) is 0 Å². The standard InChI is InChI=1S/C7H8F3N2/c1-2-3-6-11-4-5(12-6)7(8,9)10/h4H,2-3H2,1H3. The molecule has 0 aromatic carbocycles. The van der Waals surface area contributed by atoms with Crippen molar-refractivity contribution in [2.24, 2.45) is 4.99 Å². The van der Waals surface area contributed by atoms with Crippen molar-refractivity contribution in [3.8, 4) is 0 Å². The van der Waals surface area contributed by atoms with E-state index in [1.54, 1.807) is 0 Å². The van der Waals surface area contributed by atoms with E-state index in [2.05, 4.69) is 10.3 Å². The van der Waals surface area contributed by atoms with Crippen LogP contribution in [0.25, 0.3) is 0 Å². The van der Waals surface area contributed by atoms with Crippen molar-refractivity contribution in [3.05, 3.63) is 11.9 Å². The highest BCUT2D eigenvalue weighted by atomic mass is 19.4. The molecular formula is C7H8F3N2. The molecule has 0 atom stereocenters. The molecule has 12 heavy (non-hydrogen) atoms. The lowest BCUT2D eigenvalue weighted by molar-refractivity contribution is -0.0921. The van der Waals surface area contributed by atoms with Crippen molar-refractivity contribution in [2.45, 2.75) is 25.9 Å². The fourth-order valence-corrected chi connectivity index (χ4v) is 0.813. The van der Waals surface area contributed by atoms with E-state index in [1.807, 2.05) is 6.92 Å². The highest BCUT2D eigenvalue weighted by Crippen LogP contribution is 2.28. The van der Waals surface area contributed by atoms with Gasteiger partial charge in [0.1, 0.15) is 5.84 Å². The van der Waals surface area contributed by atoms with Gasteiger partial charge in [0.2, 0.25) is 0 Å². The Balaban J connectivity index is 2.62. The average molecular weight is 177 g/mol. The molecule has 1 heterocycles. The summed E-state index contributed by atoms with van der Waals surface area (Å²) in [6, 6.07) is 0. The maximum Gasteiger partial charge on any atom is 0.434 e. The Kier molecular flexibility index (Phi) is 2.40. The van der Waals surface area contributed by atoms with Crippen LogP contribution >= 0.6 is 0 Å². The van der Waals surface area contributed by atoms with Gasteiger partial charge in [-0.05, 0) is 6.42 Å². The second-order valence-electron chi connectivity index (χ2n) is 2.42. The SMILES string of the molecule is CCCC1=NC(C(F)(F)F)=C[N]1. The van der Waals surface area contributed by atoms with Gasteiger partial charge in [-0.25, -0.2) is 10.3 Å². The Morgan fingerprint density at radius 3 is 2.50 bits per heavy atom. The largest absolute Gasteiger partial charge is 0.434 e. The summed E-state index contributed by atoms with van der Waals surface area (Å²) < 4.78 is 35.8. The minimum atomic E-state index is -4.36. The second kappa shape index (κ2) is 3.16. The van der Waals surface area contributed by atoms with E-state index in [1.165, 1.54) is 0 Å². The summed E-state index contributed by atoms with van der Waals surface area (Å²) >= 11 is 0. The first-order valence-corrected chi connectivity index (χ1v) is 3.60. The molecule has 0 aromatic rings. The number of amidine groups is 1. The molecule has 0 fully saturated rings. The number of hydrogen-bond acceptors (Lipinski definition) is 1. The molecular weight excluding hydrogens is 169 g/mol. The van der Waals surface area contributed by atoms with E-state index in [4.69, 9.17) is 0 Å². The lowest BCUT2D eigenvalue weighted by Gasteiger charge is -2.01. The Morgan fingerprint density at radius 2 is 2.08 bits per heavy atom. The van der Waals surface area contributed by atoms with Crippen LogP contribution < -0.4 is 5.32 Å². The first-order valence-electron chi connectivity index (χ1n) is 3.60. The molecule has 67 valence electrons. The Bertz CT molecular complexity index is 227. The summed E-state index contributed by atoms with van der Waals surface area (Å²) in [5.41, 5.74) is -0.897. The highest BCUT2D eigenvalue weighted by molar-refractivity contribution is 5.85. The average Bonchev–Trinajstić information content (AvgIpc) is 2.35. The van der Waals surface area contributed by atoms with Gasteiger partial charge >= 0.3 is 6.18 Å². The number of allylic oxidation sites excluding steroid dienone is 1. The number of halogens is 3. The third-order valence-electron chi connectivity index (χ3n) is 1.35. The van der Waals surface area contributed by atoms with E-state index in [9.17, 15) is 13.2 Å². The Labute approximate surface area is 68.2 Å². The molecule has 5 heteroatoms. The molecule has 0 amide bonds. The predicted octanol–water partition coefficient (Wildman–Crippen LogP) is 2.21. The molecule has 0 spiro atoms. The zero-order valence-corrected chi connectivity index (χ0v) is 6.52. The van der Waals surface area contributed by atoms with Crippen molar-refractivity contribution < 1.29 is 13.2 Å². The molecule has 1 rings (SSSR count). The van der Waals surface area contributed by atoms with E-state index in [-0.39, 0.29) is 5.84 Å². The normalized spacial score (nSPS) is 17.0. The summed E-state index contributed by atoms with van der Waals surface area (Å²) in [5.74, 6) is 0.268. The van der Waals surface area contributed by atoms with Crippen LogP contribution in [0.3, 0.4) is 0 Å². The van der Waals surface area contributed by atoms with Crippen LogP contribution in [0.4, 0.5) is 13.2 Å². The minimum absolute atomic E-state index is 0.268. The van der Waals surface area contributed by atoms with Gasteiger partial charge in [0.15, 0.2) is 5.70 Å². The van der Waals surface area contributed by atoms with Crippen molar-refractivity contribution >= 4 is 5.84 Å². The zero-order chi connectivity index (χ0) is 9.19. The maximum absolute atomic E-state index is 11.9. The van der Waals surface area contributed by atoms with E-state index < -0.39 is 11.9 Å². The van der Waals surface area contributed by atoms with Gasteiger partial charge < -0.3 is 0 Å². The van der Waals surface area contributed by atoms with Crippen molar-refractivity contribution in [1.29, 1.82) is 0 Å². The highest BCUT2D eigenvalue weighted by Gasteiger charge is 2.36. The van der Waals surface area contributed by atoms with Crippen LogP contribution in [-0.2, 0) is 0 Å². The minimum Gasteiger partial charge on any atom is -0.239 e. The molecule has 1 radical (unpaired) electrons. The van der Waals surface area contributed by atoms with Crippen LogP contribution in [0, 0.1) is 0 Å².